The molecule has 0 aliphatic carbocycles. The lowest BCUT2D eigenvalue weighted by atomic mass is 9.98. The van der Waals surface area contributed by atoms with Gasteiger partial charge in [-0.05, 0) is 90.1 Å². The lowest BCUT2D eigenvalue weighted by molar-refractivity contribution is 0.150. The van der Waals surface area contributed by atoms with Gasteiger partial charge in [-0.25, -0.2) is 4.98 Å². The highest BCUT2D eigenvalue weighted by atomic mass is 79.9. The molecule has 4 heterocycles. The molecule has 0 amide bonds. The van der Waals surface area contributed by atoms with Gasteiger partial charge < -0.3 is 25.6 Å². The Morgan fingerprint density at radius 3 is 2.56 bits per heavy atom. The standard InChI is InChI=1S/C37H52BrN8OP/c1-24(2)30-10-9-25(3)31(41-30)11-12-32(27(5)48(7)8)42-36-29(38)23-40-37(44-36)43-33-21-26(4)34(22-35(33)47-6)46-17-13-28(14-18-46)45-19-15-39-16-20-45/h9-12,21-25,28,39H,5,13-20H2,1-4,6-8H3,(H2,40,42,43,44)/b31-11+,32-12+. The summed E-state index contributed by atoms with van der Waals surface area (Å²) >= 11 is 3.66. The molecule has 9 nitrogen and oxygen atoms in total. The monoisotopic (exact) mass is 734 g/mol. The predicted molar refractivity (Wildman–Crippen MR) is 209 cm³/mol. The van der Waals surface area contributed by atoms with E-state index < -0.39 is 7.92 Å². The fourth-order valence-corrected chi connectivity index (χ4v) is 7.23. The van der Waals surface area contributed by atoms with Crippen molar-refractivity contribution in [3.05, 3.63) is 76.0 Å². The summed E-state index contributed by atoms with van der Waals surface area (Å²) in [6, 6.07) is 4.97. The van der Waals surface area contributed by atoms with Crippen molar-refractivity contribution in [2.75, 3.05) is 75.2 Å². The normalized spacial score (nSPS) is 20.4. The molecule has 1 aromatic heterocycles. The summed E-state index contributed by atoms with van der Waals surface area (Å²) in [5.74, 6) is 2.49. The van der Waals surface area contributed by atoms with Gasteiger partial charge in [-0.1, -0.05) is 41.3 Å². The Bertz CT molecular complexity index is 1590. The summed E-state index contributed by atoms with van der Waals surface area (Å²) in [4.78, 5) is 19.6. The molecule has 1 atom stereocenters. The van der Waals surface area contributed by atoms with Crippen LogP contribution in [-0.4, -0.2) is 86.3 Å². The largest absolute Gasteiger partial charge is 0.494 e. The molecule has 258 valence electrons. The van der Waals surface area contributed by atoms with Crippen LogP contribution in [0.5, 0.6) is 5.75 Å². The van der Waals surface area contributed by atoms with E-state index in [9.17, 15) is 0 Å². The first kappa shape index (κ1) is 36.2. The van der Waals surface area contributed by atoms with Crippen molar-refractivity contribution >= 4 is 52.7 Å². The van der Waals surface area contributed by atoms with E-state index in [2.05, 4.69) is 131 Å². The molecule has 2 saturated heterocycles. The molecule has 3 aliphatic heterocycles. The summed E-state index contributed by atoms with van der Waals surface area (Å²) in [6.07, 6.45) is 12.7. The second-order valence-electron chi connectivity index (χ2n) is 13.3. The Morgan fingerprint density at radius 1 is 1.17 bits per heavy atom. The minimum absolute atomic E-state index is 0.235. The van der Waals surface area contributed by atoms with Gasteiger partial charge in [0, 0.05) is 86.3 Å². The lowest BCUT2D eigenvalue weighted by Gasteiger charge is -2.41. The van der Waals surface area contributed by atoms with Crippen LogP contribution in [0.3, 0.4) is 0 Å². The third kappa shape index (κ3) is 8.94. The highest BCUT2D eigenvalue weighted by Gasteiger charge is 2.27. The van der Waals surface area contributed by atoms with Crippen LogP contribution in [0.25, 0.3) is 0 Å². The van der Waals surface area contributed by atoms with Gasteiger partial charge in [-0.15, -0.1) is 0 Å². The maximum Gasteiger partial charge on any atom is 0.229 e. The third-order valence-electron chi connectivity index (χ3n) is 9.38. The first-order chi connectivity index (χ1) is 23.0. The number of anilines is 4. The number of piperidine rings is 1. The number of nitrogens with one attached hydrogen (secondary N) is 3. The maximum absolute atomic E-state index is 5.89. The van der Waals surface area contributed by atoms with Gasteiger partial charge in [0.05, 0.1) is 17.3 Å². The van der Waals surface area contributed by atoms with Crippen LogP contribution in [0.2, 0.25) is 0 Å². The van der Waals surface area contributed by atoms with Crippen LogP contribution in [0.15, 0.2) is 75.4 Å². The molecule has 1 unspecified atom stereocenters. The van der Waals surface area contributed by atoms with Crippen LogP contribution in [-0.2, 0) is 0 Å². The van der Waals surface area contributed by atoms with Gasteiger partial charge in [0.2, 0.25) is 5.95 Å². The van der Waals surface area contributed by atoms with Crippen LogP contribution < -0.4 is 25.6 Å². The van der Waals surface area contributed by atoms with Crippen molar-refractivity contribution in [3.8, 4) is 5.75 Å². The Hall–Kier alpha value is -3.04. The molecular formula is C37H52BrN8OP. The molecule has 2 aromatic rings. The number of allylic oxidation sites excluding steroid dienone is 5. The maximum atomic E-state index is 5.89. The summed E-state index contributed by atoms with van der Waals surface area (Å²) in [7, 11) is 1.27. The van der Waals surface area contributed by atoms with Crippen molar-refractivity contribution in [3.63, 3.8) is 0 Å². The molecule has 5 rings (SSSR count). The Labute approximate surface area is 297 Å². The molecule has 1 aromatic carbocycles. The fourth-order valence-electron chi connectivity index (χ4n) is 6.33. The SMILES string of the molecule is C=C(/C(=C\C=C1\N=C(C(C)C)C=CC1C)Nc1nc(Nc2cc(C)c(N3CCC(N4CCNCC4)CC3)cc2OC)ncc1Br)P(C)C. The zero-order valence-corrected chi connectivity index (χ0v) is 32.1. The van der Waals surface area contributed by atoms with Gasteiger partial charge in [0.15, 0.2) is 0 Å². The highest BCUT2D eigenvalue weighted by Crippen LogP contribution is 2.41. The number of halogens is 1. The van der Waals surface area contributed by atoms with E-state index in [-0.39, 0.29) is 5.92 Å². The van der Waals surface area contributed by atoms with Gasteiger partial charge in [-0.3, -0.25) is 9.89 Å². The van der Waals surface area contributed by atoms with E-state index in [0.29, 0.717) is 23.7 Å². The lowest BCUT2D eigenvalue weighted by Crippen LogP contribution is -2.52. The van der Waals surface area contributed by atoms with Crippen molar-refractivity contribution in [2.24, 2.45) is 16.8 Å². The zero-order valence-electron chi connectivity index (χ0n) is 29.6. The van der Waals surface area contributed by atoms with Crippen LogP contribution >= 0.6 is 23.9 Å². The average Bonchev–Trinajstić information content (AvgIpc) is 3.08. The van der Waals surface area contributed by atoms with Gasteiger partial charge in [0.25, 0.3) is 0 Å². The Balaban J connectivity index is 1.34. The van der Waals surface area contributed by atoms with Crippen LogP contribution in [0.1, 0.15) is 39.2 Å². The minimum atomic E-state index is -0.443. The average molecular weight is 736 g/mol. The molecular weight excluding hydrogens is 683 g/mol. The molecule has 0 saturated carbocycles. The minimum Gasteiger partial charge on any atom is -0.494 e. The number of aromatic nitrogens is 2. The summed E-state index contributed by atoms with van der Waals surface area (Å²) in [6.45, 7) is 24.1. The number of hydrogen-bond acceptors (Lipinski definition) is 9. The van der Waals surface area contributed by atoms with E-state index >= 15 is 0 Å². The van der Waals surface area contributed by atoms with Crippen LogP contribution in [0.4, 0.5) is 23.1 Å². The van der Waals surface area contributed by atoms with E-state index in [1.807, 2.05) is 0 Å². The predicted octanol–water partition coefficient (Wildman–Crippen LogP) is 7.91. The number of methoxy groups -OCH3 is 1. The smallest absolute Gasteiger partial charge is 0.229 e. The molecule has 11 heteroatoms. The summed E-state index contributed by atoms with van der Waals surface area (Å²) < 4.78 is 6.65. The fraction of sp³-hybridized carbons (Fsp3) is 0.486. The third-order valence-corrected chi connectivity index (χ3v) is 11.3. The van der Waals surface area contributed by atoms with Crippen molar-refractivity contribution in [1.82, 2.24) is 20.2 Å². The van der Waals surface area contributed by atoms with Crippen molar-refractivity contribution in [2.45, 2.75) is 46.6 Å². The second kappa shape index (κ2) is 16.6. The molecule has 3 N–H and O–H groups in total. The number of nitrogens with zero attached hydrogens (tertiary/aromatic N) is 5. The van der Waals surface area contributed by atoms with E-state index in [1.54, 1.807) is 13.3 Å². The summed E-state index contributed by atoms with van der Waals surface area (Å²) in [5.41, 5.74) is 6.28. The molecule has 0 radical (unpaired) electrons. The number of aryl methyl sites for hydroxylation is 1. The Morgan fingerprint density at radius 2 is 1.90 bits per heavy atom. The quantitative estimate of drug-likeness (QED) is 0.159. The van der Waals surface area contributed by atoms with Gasteiger partial charge in [-0.2, -0.15) is 4.98 Å². The number of dihydropyridines is 1. The highest BCUT2D eigenvalue weighted by molar-refractivity contribution is 9.10. The van der Waals surface area contributed by atoms with E-state index in [1.165, 1.54) is 24.1 Å². The van der Waals surface area contributed by atoms with E-state index in [4.69, 9.17) is 14.7 Å². The number of rotatable bonds is 11. The van der Waals surface area contributed by atoms with E-state index in [0.717, 1.165) is 77.6 Å². The molecule has 48 heavy (non-hydrogen) atoms. The van der Waals surface area contributed by atoms with Gasteiger partial charge >= 0.3 is 0 Å². The first-order valence-electron chi connectivity index (χ1n) is 17.0. The number of piperazine rings is 1. The molecule has 2 fully saturated rings. The molecule has 0 spiro atoms. The number of aliphatic imine (C=N–C) groups is 1. The Kier molecular flexibility index (Phi) is 12.5. The number of hydrogen-bond donors (Lipinski definition) is 3. The molecule has 3 aliphatic rings. The van der Waals surface area contributed by atoms with Gasteiger partial charge in [0.1, 0.15) is 11.6 Å². The summed E-state index contributed by atoms with van der Waals surface area (Å²) in [5, 5.41) is 11.5. The second-order valence-corrected chi connectivity index (χ2v) is 16.5. The number of benzene rings is 1. The van der Waals surface area contributed by atoms with Crippen LogP contribution in [0, 0.1) is 18.8 Å². The van der Waals surface area contributed by atoms with Crippen molar-refractivity contribution < 1.29 is 4.74 Å². The van der Waals surface area contributed by atoms with Crippen molar-refractivity contribution in [1.29, 1.82) is 0 Å². The number of ether oxygens (including phenoxy) is 1. The topological polar surface area (TPSA) is 89.9 Å². The first-order valence-corrected chi connectivity index (χ1v) is 20.1. The zero-order chi connectivity index (χ0) is 34.4. The molecule has 0 bridgehead atoms.